The Morgan fingerprint density at radius 2 is 2.00 bits per heavy atom. The maximum absolute atomic E-state index is 12.6. The number of aliphatic hydroxyl groups is 1. The normalized spacial score (nSPS) is 13.2. The Hall–Kier alpha value is -1.54. The van der Waals surface area contributed by atoms with Crippen molar-refractivity contribution in [1.29, 1.82) is 0 Å². The minimum atomic E-state index is -4.48. The summed E-state index contributed by atoms with van der Waals surface area (Å²) in [4.78, 5) is 3.84. The smallest absolute Gasteiger partial charge is 0.394 e. The summed E-state index contributed by atoms with van der Waals surface area (Å²) < 4.78 is 37.8. The lowest BCUT2D eigenvalue weighted by atomic mass is 10.2. The number of aliphatic hydroxyl groups excluding tert-OH is 1. The second-order valence-corrected chi connectivity index (χ2v) is 3.70. The molecule has 18 heavy (non-hydrogen) atoms. The highest BCUT2D eigenvalue weighted by Gasteiger charge is 2.31. The quantitative estimate of drug-likeness (QED) is 0.479. The van der Waals surface area contributed by atoms with Gasteiger partial charge < -0.3 is 15.8 Å². The van der Waals surface area contributed by atoms with Gasteiger partial charge in [0.25, 0.3) is 0 Å². The van der Waals surface area contributed by atoms with Crippen LogP contribution in [-0.2, 0) is 6.18 Å². The van der Waals surface area contributed by atoms with E-state index in [0.717, 1.165) is 12.1 Å². The summed E-state index contributed by atoms with van der Waals surface area (Å²) in [6.07, 6.45) is -3.92. The SMILES string of the molecule is CCC(CO)Nc1cc(C(F)(F)F)cc(NN)n1. The van der Waals surface area contributed by atoms with E-state index < -0.39 is 11.7 Å². The van der Waals surface area contributed by atoms with E-state index in [1.807, 2.05) is 0 Å². The number of rotatable bonds is 5. The number of nitrogens with zero attached hydrogens (tertiary/aromatic N) is 1. The first-order valence-electron chi connectivity index (χ1n) is 5.34. The monoisotopic (exact) mass is 264 g/mol. The van der Waals surface area contributed by atoms with E-state index in [0.29, 0.717) is 6.42 Å². The number of nitrogens with two attached hydrogens (primary N) is 1. The van der Waals surface area contributed by atoms with Crippen LogP contribution < -0.4 is 16.6 Å². The summed E-state index contributed by atoms with van der Waals surface area (Å²) in [5, 5.41) is 11.7. The highest BCUT2D eigenvalue weighted by Crippen LogP contribution is 2.32. The van der Waals surface area contributed by atoms with Crippen LogP contribution in [0.1, 0.15) is 18.9 Å². The number of pyridine rings is 1. The standard InChI is InChI=1S/C10H15F3N4O/c1-2-7(5-18)15-8-3-6(10(11,12)13)4-9(16-8)17-14/h3-4,7,18H,2,5,14H2,1H3,(H2,15,16,17). The highest BCUT2D eigenvalue weighted by molar-refractivity contribution is 5.49. The molecule has 0 amide bonds. The van der Waals surface area contributed by atoms with Crippen molar-refractivity contribution in [2.45, 2.75) is 25.6 Å². The van der Waals surface area contributed by atoms with Crippen LogP contribution in [0.4, 0.5) is 24.8 Å². The molecule has 1 rings (SSSR count). The first-order valence-corrected chi connectivity index (χ1v) is 5.34. The number of hydrogen-bond donors (Lipinski definition) is 4. The summed E-state index contributed by atoms with van der Waals surface area (Å²) in [7, 11) is 0. The van der Waals surface area contributed by atoms with Gasteiger partial charge in [0.15, 0.2) is 0 Å². The molecule has 0 saturated carbocycles. The van der Waals surface area contributed by atoms with Gasteiger partial charge in [0.1, 0.15) is 11.6 Å². The fourth-order valence-corrected chi connectivity index (χ4v) is 1.33. The molecule has 0 bridgehead atoms. The Kier molecular flexibility index (Phi) is 4.74. The number of nitrogen functional groups attached to an aromatic ring is 1. The van der Waals surface area contributed by atoms with Crippen LogP contribution in [0, 0.1) is 0 Å². The topological polar surface area (TPSA) is 83.2 Å². The van der Waals surface area contributed by atoms with Gasteiger partial charge in [-0.3, -0.25) is 0 Å². The van der Waals surface area contributed by atoms with Crippen molar-refractivity contribution in [2.75, 3.05) is 17.3 Å². The minimum Gasteiger partial charge on any atom is -0.394 e. The molecule has 1 heterocycles. The van der Waals surface area contributed by atoms with E-state index >= 15 is 0 Å². The molecule has 0 saturated heterocycles. The van der Waals surface area contributed by atoms with Crippen molar-refractivity contribution >= 4 is 11.6 Å². The Morgan fingerprint density at radius 1 is 1.39 bits per heavy atom. The summed E-state index contributed by atoms with van der Waals surface area (Å²) in [6.45, 7) is 1.60. The number of nitrogens with one attached hydrogen (secondary N) is 2. The largest absolute Gasteiger partial charge is 0.416 e. The Balaban J connectivity index is 3.04. The van der Waals surface area contributed by atoms with Crippen LogP contribution in [0.25, 0.3) is 0 Å². The van der Waals surface area contributed by atoms with Crippen molar-refractivity contribution in [2.24, 2.45) is 5.84 Å². The molecule has 1 aromatic heterocycles. The van der Waals surface area contributed by atoms with E-state index in [2.05, 4.69) is 15.7 Å². The summed E-state index contributed by atoms with van der Waals surface area (Å²) >= 11 is 0. The molecular weight excluding hydrogens is 249 g/mol. The Morgan fingerprint density at radius 3 is 2.44 bits per heavy atom. The molecule has 5 N–H and O–H groups in total. The molecule has 1 aromatic rings. The lowest BCUT2D eigenvalue weighted by molar-refractivity contribution is -0.137. The van der Waals surface area contributed by atoms with Crippen molar-refractivity contribution in [1.82, 2.24) is 4.98 Å². The average molecular weight is 264 g/mol. The van der Waals surface area contributed by atoms with Crippen molar-refractivity contribution in [3.05, 3.63) is 17.7 Å². The van der Waals surface area contributed by atoms with Gasteiger partial charge in [0.05, 0.1) is 18.2 Å². The van der Waals surface area contributed by atoms with Gasteiger partial charge in [-0.05, 0) is 18.6 Å². The number of halogens is 3. The number of aromatic nitrogens is 1. The van der Waals surface area contributed by atoms with Crippen LogP contribution in [-0.4, -0.2) is 22.7 Å². The molecule has 8 heteroatoms. The fraction of sp³-hybridized carbons (Fsp3) is 0.500. The van der Waals surface area contributed by atoms with Gasteiger partial charge in [-0.15, -0.1) is 0 Å². The van der Waals surface area contributed by atoms with E-state index in [4.69, 9.17) is 10.9 Å². The molecule has 0 aliphatic rings. The van der Waals surface area contributed by atoms with Gasteiger partial charge in [0.2, 0.25) is 0 Å². The zero-order valence-electron chi connectivity index (χ0n) is 9.75. The van der Waals surface area contributed by atoms with Gasteiger partial charge in [-0.2, -0.15) is 13.2 Å². The van der Waals surface area contributed by atoms with Crippen LogP contribution in [0.5, 0.6) is 0 Å². The molecule has 0 spiro atoms. The number of anilines is 2. The van der Waals surface area contributed by atoms with Gasteiger partial charge in [-0.25, -0.2) is 10.8 Å². The first kappa shape index (κ1) is 14.5. The molecule has 0 aromatic carbocycles. The summed E-state index contributed by atoms with van der Waals surface area (Å²) in [6, 6.07) is 1.33. The molecule has 0 radical (unpaired) electrons. The first-order chi connectivity index (χ1) is 8.40. The van der Waals surface area contributed by atoms with Crippen LogP contribution in [0.3, 0.4) is 0 Å². The molecule has 1 atom stereocenters. The van der Waals surface area contributed by atoms with Gasteiger partial charge in [-0.1, -0.05) is 6.92 Å². The molecule has 0 fully saturated rings. The average Bonchev–Trinajstić information content (AvgIpc) is 2.34. The number of hydrazine groups is 1. The minimum absolute atomic E-state index is 0.0127. The van der Waals surface area contributed by atoms with Crippen LogP contribution in [0.2, 0.25) is 0 Å². The number of alkyl halides is 3. The van der Waals surface area contributed by atoms with E-state index in [1.165, 1.54) is 0 Å². The Labute approximate surface area is 102 Å². The third kappa shape index (κ3) is 3.74. The molecule has 5 nitrogen and oxygen atoms in total. The van der Waals surface area contributed by atoms with Crippen LogP contribution in [0.15, 0.2) is 12.1 Å². The van der Waals surface area contributed by atoms with Gasteiger partial charge >= 0.3 is 6.18 Å². The highest BCUT2D eigenvalue weighted by atomic mass is 19.4. The number of hydrogen-bond acceptors (Lipinski definition) is 5. The lowest BCUT2D eigenvalue weighted by Gasteiger charge is -2.17. The second-order valence-electron chi connectivity index (χ2n) is 3.70. The predicted molar refractivity (Wildman–Crippen MR) is 61.8 cm³/mol. The van der Waals surface area contributed by atoms with Crippen molar-refractivity contribution in [3.63, 3.8) is 0 Å². The fourth-order valence-electron chi connectivity index (χ4n) is 1.33. The predicted octanol–water partition coefficient (Wildman–Crippen LogP) is 1.57. The molecule has 0 aliphatic heterocycles. The van der Waals surface area contributed by atoms with Crippen LogP contribution >= 0.6 is 0 Å². The maximum Gasteiger partial charge on any atom is 0.416 e. The van der Waals surface area contributed by atoms with Crippen molar-refractivity contribution < 1.29 is 18.3 Å². The van der Waals surface area contributed by atoms with E-state index in [9.17, 15) is 13.2 Å². The third-order valence-electron chi connectivity index (χ3n) is 2.37. The van der Waals surface area contributed by atoms with E-state index in [-0.39, 0.29) is 24.3 Å². The lowest BCUT2D eigenvalue weighted by Crippen LogP contribution is -2.24. The van der Waals surface area contributed by atoms with E-state index in [1.54, 1.807) is 6.92 Å². The molecular formula is C10H15F3N4O. The molecule has 102 valence electrons. The summed E-state index contributed by atoms with van der Waals surface area (Å²) in [5.41, 5.74) is 1.22. The molecule has 1 unspecified atom stereocenters. The zero-order chi connectivity index (χ0) is 13.8. The molecule has 0 aliphatic carbocycles. The maximum atomic E-state index is 12.6. The zero-order valence-corrected chi connectivity index (χ0v) is 9.75. The second kappa shape index (κ2) is 5.87. The van der Waals surface area contributed by atoms with Gasteiger partial charge in [0, 0.05) is 0 Å². The van der Waals surface area contributed by atoms with Crippen molar-refractivity contribution in [3.8, 4) is 0 Å². The summed E-state index contributed by atoms with van der Waals surface area (Å²) in [5.74, 6) is 4.99. The third-order valence-corrected chi connectivity index (χ3v) is 2.37. The Bertz CT molecular complexity index is 393.